The molecule has 2 heterocycles. The number of aliphatic hydroxyl groups excluding tert-OH is 2. The van der Waals surface area contributed by atoms with Crippen molar-refractivity contribution >= 4 is 28.9 Å². The predicted molar refractivity (Wildman–Crippen MR) is 173 cm³/mol. The van der Waals surface area contributed by atoms with Crippen molar-refractivity contribution in [1.82, 2.24) is 4.90 Å². The molecule has 3 aromatic rings. The molecule has 2 aliphatic heterocycles. The minimum Gasteiger partial charge on any atom is -0.397 e. The van der Waals surface area contributed by atoms with Crippen LogP contribution in [0.3, 0.4) is 0 Å². The van der Waals surface area contributed by atoms with Gasteiger partial charge in [0.05, 0.1) is 36.3 Å². The van der Waals surface area contributed by atoms with Gasteiger partial charge in [-0.3, -0.25) is 14.5 Å². The van der Waals surface area contributed by atoms with Crippen LogP contribution in [-0.2, 0) is 25.7 Å². The number of aliphatic hydroxyl groups is 2. The molecule has 0 saturated carbocycles. The first-order valence-electron chi connectivity index (χ1n) is 15.8. The maximum Gasteiger partial charge on any atom is 0.224 e. The van der Waals surface area contributed by atoms with E-state index in [0.29, 0.717) is 62.3 Å². The Labute approximate surface area is 264 Å². The summed E-state index contributed by atoms with van der Waals surface area (Å²) in [4.78, 5) is 27.0. The Morgan fingerprint density at radius 2 is 1.56 bits per heavy atom. The first kappa shape index (κ1) is 32.6. The van der Waals surface area contributed by atoms with Crippen LogP contribution in [0, 0.1) is 0 Å². The monoisotopic (exact) mass is 616 g/mol. The standard InChI is InChI=1S/C35H44N4O6/c36-30-6-4-5-7-31(30)38-34(43)9-3-1-2-8-33(42)37-27-16-14-26(15-17-27)35-44-29(22-39-19-18-28(41)21-39)20-32(45-35)25-12-10-24(23-40)11-13-25/h4-7,10-17,28-29,32,35,40-41H,1-3,8-9,18-23,36H2,(H,37,42)(H,38,43)/t28-,29-,32+,35+/m0/s1. The van der Waals surface area contributed by atoms with E-state index in [1.165, 1.54) is 0 Å². The zero-order valence-electron chi connectivity index (χ0n) is 25.6. The number of rotatable bonds is 13. The Bertz CT molecular complexity index is 1400. The fraction of sp³-hybridized carbons (Fsp3) is 0.429. The maximum atomic E-state index is 12.6. The van der Waals surface area contributed by atoms with Crippen molar-refractivity contribution in [2.45, 2.75) is 76.2 Å². The lowest BCUT2D eigenvalue weighted by molar-refractivity contribution is -0.252. The second kappa shape index (κ2) is 16.0. The molecular formula is C35H44N4O6. The second-order valence-corrected chi connectivity index (χ2v) is 11.9. The summed E-state index contributed by atoms with van der Waals surface area (Å²) >= 11 is 0. The molecule has 0 bridgehead atoms. The smallest absolute Gasteiger partial charge is 0.224 e. The number of carbonyl (C=O) groups is 2. The number of nitrogens with two attached hydrogens (primary N) is 1. The lowest BCUT2D eigenvalue weighted by Gasteiger charge is -2.37. The molecule has 3 aromatic carbocycles. The van der Waals surface area contributed by atoms with Gasteiger partial charge in [0.15, 0.2) is 6.29 Å². The van der Waals surface area contributed by atoms with Gasteiger partial charge in [-0.25, -0.2) is 0 Å². The van der Waals surface area contributed by atoms with Crippen LogP contribution in [0.5, 0.6) is 0 Å². The van der Waals surface area contributed by atoms with Gasteiger partial charge in [-0.1, -0.05) is 55.0 Å². The summed E-state index contributed by atoms with van der Waals surface area (Å²) in [5.74, 6) is -0.163. The molecular weight excluding hydrogens is 572 g/mol. The van der Waals surface area contributed by atoms with Crippen molar-refractivity contribution in [2.75, 3.05) is 36.0 Å². The summed E-state index contributed by atoms with van der Waals surface area (Å²) in [5.41, 5.74) is 10.4. The van der Waals surface area contributed by atoms with Gasteiger partial charge in [-0.2, -0.15) is 0 Å². The van der Waals surface area contributed by atoms with Crippen LogP contribution < -0.4 is 16.4 Å². The summed E-state index contributed by atoms with van der Waals surface area (Å²) in [6.45, 7) is 2.19. The van der Waals surface area contributed by atoms with Crippen molar-refractivity contribution in [3.05, 3.63) is 89.5 Å². The number of nitrogens with one attached hydrogen (secondary N) is 2. The lowest BCUT2D eigenvalue weighted by atomic mass is 9.99. The number of anilines is 3. The Morgan fingerprint density at radius 3 is 2.22 bits per heavy atom. The summed E-state index contributed by atoms with van der Waals surface area (Å²) in [7, 11) is 0. The van der Waals surface area contributed by atoms with Crippen molar-refractivity contribution in [2.24, 2.45) is 0 Å². The SMILES string of the molecule is Nc1ccccc1NC(=O)CCCCCC(=O)Nc1ccc([C@@H]2O[C@H](CN3CC[C@H](O)C3)C[C@H](c3ccc(CO)cc3)O2)cc1. The first-order valence-corrected chi connectivity index (χ1v) is 15.8. The molecule has 0 radical (unpaired) electrons. The van der Waals surface area contributed by atoms with Gasteiger partial charge in [-0.05, 0) is 54.7 Å². The number of hydrogen-bond acceptors (Lipinski definition) is 8. The quantitative estimate of drug-likeness (QED) is 0.135. The van der Waals surface area contributed by atoms with Crippen LogP contribution >= 0.6 is 0 Å². The van der Waals surface area contributed by atoms with Gasteiger partial charge in [0.25, 0.3) is 0 Å². The van der Waals surface area contributed by atoms with Gasteiger partial charge in [0.2, 0.25) is 11.8 Å². The molecule has 240 valence electrons. The van der Waals surface area contributed by atoms with Crippen LogP contribution in [-0.4, -0.2) is 58.8 Å². The average Bonchev–Trinajstić information content (AvgIpc) is 3.46. The van der Waals surface area contributed by atoms with Gasteiger partial charge >= 0.3 is 0 Å². The highest BCUT2D eigenvalue weighted by Gasteiger charge is 2.34. The molecule has 10 nitrogen and oxygen atoms in total. The Hall–Kier alpha value is -3.80. The fourth-order valence-corrected chi connectivity index (χ4v) is 5.82. The van der Waals surface area contributed by atoms with E-state index in [-0.39, 0.29) is 36.7 Å². The van der Waals surface area contributed by atoms with E-state index >= 15 is 0 Å². The Kier molecular flexibility index (Phi) is 11.6. The topological polar surface area (TPSA) is 146 Å². The van der Waals surface area contributed by atoms with E-state index in [1.54, 1.807) is 12.1 Å². The third kappa shape index (κ3) is 9.59. The number of nitrogen functional groups attached to an aromatic ring is 1. The summed E-state index contributed by atoms with van der Waals surface area (Å²) in [5, 5.41) is 25.2. The molecule has 6 N–H and O–H groups in total. The minimum absolute atomic E-state index is 0.00941. The van der Waals surface area contributed by atoms with Crippen LogP contribution in [0.25, 0.3) is 0 Å². The maximum absolute atomic E-state index is 12.6. The molecule has 2 aliphatic rings. The van der Waals surface area contributed by atoms with Crippen LogP contribution in [0.4, 0.5) is 17.1 Å². The fourth-order valence-electron chi connectivity index (χ4n) is 5.82. The molecule has 2 fully saturated rings. The van der Waals surface area contributed by atoms with Crippen LogP contribution in [0.15, 0.2) is 72.8 Å². The lowest BCUT2D eigenvalue weighted by Crippen LogP contribution is -2.38. The predicted octanol–water partition coefficient (Wildman–Crippen LogP) is 4.90. The number of nitrogens with zero attached hydrogens (tertiary/aromatic N) is 1. The number of carbonyl (C=O) groups excluding carboxylic acids is 2. The molecule has 0 aromatic heterocycles. The number of β-amino-alcohol motifs (C(OH)–C–C–N with tert-alkyl or cyclic N) is 1. The minimum atomic E-state index is -0.584. The number of unbranched alkanes of at least 4 members (excludes halogenated alkanes) is 2. The number of para-hydroxylation sites is 2. The zero-order valence-corrected chi connectivity index (χ0v) is 25.6. The highest BCUT2D eigenvalue weighted by atomic mass is 16.7. The van der Waals surface area contributed by atoms with E-state index in [2.05, 4.69) is 15.5 Å². The summed E-state index contributed by atoms with van der Waals surface area (Å²) in [6, 6.07) is 22.5. The van der Waals surface area contributed by atoms with E-state index in [1.807, 2.05) is 60.7 Å². The van der Waals surface area contributed by atoms with Gasteiger partial charge < -0.3 is 36.1 Å². The third-order valence-corrected chi connectivity index (χ3v) is 8.33. The van der Waals surface area contributed by atoms with Crippen LogP contribution in [0.1, 0.15) is 74.0 Å². The van der Waals surface area contributed by atoms with Crippen molar-refractivity contribution < 1.29 is 29.3 Å². The third-order valence-electron chi connectivity index (χ3n) is 8.33. The molecule has 5 rings (SSSR count). The Morgan fingerprint density at radius 1 is 0.867 bits per heavy atom. The number of likely N-dealkylation sites (tertiary alicyclic amines) is 1. The molecule has 0 aliphatic carbocycles. The van der Waals surface area contributed by atoms with Crippen molar-refractivity contribution in [3.63, 3.8) is 0 Å². The molecule has 2 amide bonds. The van der Waals surface area contributed by atoms with Crippen LogP contribution in [0.2, 0.25) is 0 Å². The van der Waals surface area contributed by atoms with Gasteiger partial charge in [-0.15, -0.1) is 0 Å². The first-order chi connectivity index (χ1) is 21.9. The zero-order chi connectivity index (χ0) is 31.6. The molecule has 45 heavy (non-hydrogen) atoms. The van der Waals surface area contributed by atoms with Crippen molar-refractivity contribution in [1.29, 1.82) is 0 Å². The van der Waals surface area contributed by atoms with Gasteiger partial charge in [0, 0.05) is 50.1 Å². The summed E-state index contributed by atoms with van der Waals surface area (Å²) in [6.07, 6.45) is 3.19. The largest absolute Gasteiger partial charge is 0.397 e. The van der Waals surface area contributed by atoms with E-state index in [9.17, 15) is 19.8 Å². The number of benzene rings is 3. The average molecular weight is 617 g/mol. The molecule has 2 saturated heterocycles. The number of hydrogen-bond donors (Lipinski definition) is 5. The van der Waals surface area contributed by atoms with E-state index < -0.39 is 6.29 Å². The molecule has 0 spiro atoms. The highest BCUT2D eigenvalue weighted by molar-refractivity contribution is 5.93. The number of ether oxygens (including phenoxy) is 2. The molecule has 4 atom stereocenters. The second-order valence-electron chi connectivity index (χ2n) is 11.9. The summed E-state index contributed by atoms with van der Waals surface area (Å²) < 4.78 is 12.8. The Balaban J connectivity index is 1.10. The normalized spacial score (nSPS) is 21.8. The van der Waals surface area contributed by atoms with Gasteiger partial charge in [0.1, 0.15) is 0 Å². The highest BCUT2D eigenvalue weighted by Crippen LogP contribution is 2.38. The van der Waals surface area contributed by atoms with E-state index in [0.717, 1.165) is 36.1 Å². The molecule has 0 unspecified atom stereocenters. The number of amides is 2. The van der Waals surface area contributed by atoms with Crippen molar-refractivity contribution in [3.8, 4) is 0 Å². The molecule has 10 heteroatoms. The van der Waals surface area contributed by atoms with E-state index in [4.69, 9.17) is 15.2 Å².